The largest absolute Gasteiger partial charge is 0.468 e. The minimum Gasteiger partial charge on any atom is -0.468 e. The van der Waals surface area contributed by atoms with E-state index >= 15 is 0 Å². The fraction of sp³-hybridized carbons (Fsp3) is 0.462. The Labute approximate surface area is 107 Å². The fourth-order valence-electron chi connectivity index (χ4n) is 2.40. The van der Waals surface area contributed by atoms with Gasteiger partial charge in [0.25, 0.3) is 0 Å². The molecule has 0 spiro atoms. The third-order valence-corrected chi connectivity index (χ3v) is 5.50. The molecular weight excluding hydrogens is 252 g/mol. The smallest absolute Gasteiger partial charge is 0.324 e. The standard InChI is InChI=1S/C13H16O4S/c1-9-3-5-10(6-4-9)11-7-8-18(15,16)12(11)13(14)17-2/h3-6,11-12H,7-8H2,1-2H3/t11-,12+/m1/s1. The molecule has 0 N–H and O–H groups in total. The zero-order chi connectivity index (χ0) is 13.3. The monoisotopic (exact) mass is 268 g/mol. The molecular formula is C13H16O4S. The predicted octanol–water partition coefficient (Wildman–Crippen LogP) is 1.44. The molecule has 18 heavy (non-hydrogen) atoms. The lowest BCUT2D eigenvalue weighted by Crippen LogP contribution is -2.31. The molecule has 1 fully saturated rings. The van der Waals surface area contributed by atoms with E-state index in [4.69, 9.17) is 0 Å². The van der Waals surface area contributed by atoms with Crippen LogP contribution < -0.4 is 0 Å². The summed E-state index contributed by atoms with van der Waals surface area (Å²) in [7, 11) is -2.16. The Morgan fingerprint density at radius 1 is 1.28 bits per heavy atom. The summed E-state index contributed by atoms with van der Waals surface area (Å²) < 4.78 is 28.5. The van der Waals surface area contributed by atoms with Gasteiger partial charge in [0.05, 0.1) is 12.9 Å². The van der Waals surface area contributed by atoms with E-state index in [9.17, 15) is 13.2 Å². The number of hydrogen-bond acceptors (Lipinski definition) is 4. The van der Waals surface area contributed by atoms with Crippen molar-refractivity contribution in [2.45, 2.75) is 24.5 Å². The second kappa shape index (κ2) is 4.72. The van der Waals surface area contributed by atoms with Gasteiger partial charge in [-0.25, -0.2) is 8.42 Å². The van der Waals surface area contributed by atoms with Gasteiger partial charge in [-0.2, -0.15) is 0 Å². The molecule has 1 heterocycles. The molecule has 2 rings (SSSR count). The van der Waals surface area contributed by atoms with Crippen LogP contribution in [0.4, 0.5) is 0 Å². The van der Waals surface area contributed by atoms with Gasteiger partial charge >= 0.3 is 5.97 Å². The first-order valence-corrected chi connectivity index (χ1v) is 7.53. The van der Waals surface area contributed by atoms with Crippen molar-refractivity contribution in [3.63, 3.8) is 0 Å². The third-order valence-electron chi connectivity index (χ3n) is 3.40. The van der Waals surface area contributed by atoms with Gasteiger partial charge in [0.1, 0.15) is 0 Å². The van der Waals surface area contributed by atoms with Crippen LogP contribution in [0.15, 0.2) is 24.3 Å². The maximum atomic E-state index is 11.9. The van der Waals surface area contributed by atoms with Gasteiger partial charge in [-0.05, 0) is 18.9 Å². The highest BCUT2D eigenvalue weighted by Crippen LogP contribution is 2.36. The maximum absolute atomic E-state index is 11.9. The molecule has 4 nitrogen and oxygen atoms in total. The van der Waals surface area contributed by atoms with E-state index in [1.54, 1.807) is 0 Å². The van der Waals surface area contributed by atoms with Crippen LogP contribution in [0.3, 0.4) is 0 Å². The number of hydrogen-bond donors (Lipinski definition) is 0. The number of aryl methyl sites for hydroxylation is 1. The molecule has 0 radical (unpaired) electrons. The minimum atomic E-state index is -3.38. The minimum absolute atomic E-state index is 0.0469. The van der Waals surface area contributed by atoms with Gasteiger partial charge in [-0.3, -0.25) is 4.79 Å². The first-order valence-electron chi connectivity index (χ1n) is 5.81. The molecule has 0 aliphatic carbocycles. The normalized spacial score (nSPS) is 25.9. The quantitative estimate of drug-likeness (QED) is 0.761. The lowest BCUT2D eigenvalue weighted by Gasteiger charge is -2.16. The molecule has 5 heteroatoms. The number of carbonyl (C=O) groups excluding carboxylic acids is 1. The second-order valence-corrected chi connectivity index (χ2v) is 6.86. The summed E-state index contributed by atoms with van der Waals surface area (Å²) in [4.78, 5) is 11.7. The van der Waals surface area contributed by atoms with Crippen molar-refractivity contribution >= 4 is 15.8 Å². The zero-order valence-corrected chi connectivity index (χ0v) is 11.2. The van der Waals surface area contributed by atoms with Crippen molar-refractivity contribution in [3.8, 4) is 0 Å². The maximum Gasteiger partial charge on any atom is 0.324 e. The van der Waals surface area contributed by atoms with E-state index in [2.05, 4.69) is 4.74 Å². The number of methoxy groups -OCH3 is 1. The molecule has 0 aromatic heterocycles. The van der Waals surface area contributed by atoms with Gasteiger partial charge in [0.15, 0.2) is 15.1 Å². The molecule has 0 amide bonds. The highest BCUT2D eigenvalue weighted by molar-refractivity contribution is 7.93. The molecule has 1 aliphatic rings. The number of esters is 1. The van der Waals surface area contributed by atoms with E-state index in [-0.39, 0.29) is 11.7 Å². The van der Waals surface area contributed by atoms with Crippen LogP contribution in [-0.4, -0.2) is 32.5 Å². The van der Waals surface area contributed by atoms with Crippen LogP contribution in [0.25, 0.3) is 0 Å². The van der Waals surface area contributed by atoms with Crippen LogP contribution in [0.5, 0.6) is 0 Å². The van der Waals surface area contributed by atoms with Crippen molar-refractivity contribution in [1.82, 2.24) is 0 Å². The topological polar surface area (TPSA) is 60.4 Å². The van der Waals surface area contributed by atoms with Gasteiger partial charge in [0.2, 0.25) is 0 Å². The Hall–Kier alpha value is -1.36. The second-order valence-electron chi connectivity index (χ2n) is 4.62. The SMILES string of the molecule is COC(=O)[C@@H]1[C@@H](c2ccc(C)cc2)CCS1(=O)=O. The number of rotatable bonds is 2. The van der Waals surface area contributed by atoms with Crippen LogP contribution in [-0.2, 0) is 19.4 Å². The molecule has 1 saturated heterocycles. The summed E-state index contributed by atoms with van der Waals surface area (Å²) in [5.74, 6) is -0.896. The van der Waals surface area contributed by atoms with E-state index in [0.717, 1.165) is 11.1 Å². The summed E-state index contributed by atoms with van der Waals surface area (Å²) in [6.07, 6.45) is 0.477. The van der Waals surface area contributed by atoms with Crippen LogP contribution in [0.2, 0.25) is 0 Å². The Morgan fingerprint density at radius 2 is 1.89 bits per heavy atom. The first-order chi connectivity index (χ1) is 8.45. The zero-order valence-electron chi connectivity index (χ0n) is 10.4. The molecule has 0 bridgehead atoms. The molecule has 98 valence electrons. The average Bonchev–Trinajstić information content (AvgIpc) is 2.65. The van der Waals surface area contributed by atoms with Gasteiger partial charge in [-0.15, -0.1) is 0 Å². The van der Waals surface area contributed by atoms with Gasteiger partial charge in [-0.1, -0.05) is 29.8 Å². The first kappa shape index (κ1) is 13.1. The molecule has 1 aromatic carbocycles. The number of carbonyl (C=O) groups is 1. The van der Waals surface area contributed by atoms with Crippen molar-refractivity contribution in [2.75, 3.05) is 12.9 Å². The predicted molar refractivity (Wildman–Crippen MR) is 68.1 cm³/mol. The van der Waals surface area contributed by atoms with Crippen LogP contribution >= 0.6 is 0 Å². The van der Waals surface area contributed by atoms with Crippen molar-refractivity contribution in [3.05, 3.63) is 35.4 Å². The summed E-state index contributed by atoms with van der Waals surface area (Å²) in [6, 6.07) is 7.62. The van der Waals surface area contributed by atoms with Crippen molar-refractivity contribution < 1.29 is 17.9 Å². The number of benzene rings is 1. The molecule has 1 aliphatic heterocycles. The fourth-order valence-corrected chi connectivity index (χ4v) is 4.42. The summed E-state index contributed by atoms with van der Waals surface area (Å²) in [6.45, 7) is 1.97. The van der Waals surface area contributed by atoms with Crippen LogP contribution in [0.1, 0.15) is 23.5 Å². The van der Waals surface area contributed by atoms with E-state index in [1.807, 2.05) is 31.2 Å². The number of sulfone groups is 1. The lowest BCUT2D eigenvalue weighted by molar-refractivity contribution is -0.140. The Morgan fingerprint density at radius 3 is 2.44 bits per heavy atom. The van der Waals surface area contributed by atoms with E-state index < -0.39 is 21.1 Å². The summed E-state index contributed by atoms with van der Waals surface area (Å²) in [5.41, 5.74) is 1.99. The molecule has 0 saturated carbocycles. The molecule has 0 unspecified atom stereocenters. The highest BCUT2D eigenvalue weighted by atomic mass is 32.2. The average molecular weight is 268 g/mol. The lowest BCUT2D eigenvalue weighted by atomic mass is 9.92. The molecule has 2 atom stereocenters. The third kappa shape index (κ3) is 2.27. The summed E-state index contributed by atoms with van der Waals surface area (Å²) >= 11 is 0. The van der Waals surface area contributed by atoms with Crippen molar-refractivity contribution in [1.29, 1.82) is 0 Å². The summed E-state index contributed by atoms with van der Waals surface area (Å²) in [5, 5.41) is -1.05. The Kier molecular flexibility index (Phi) is 3.43. The van der Waals surface area contributed by atoms with Gasteiger partial charge in [0, 0.05) is 5.92 Å². The Balaban J connectivity index is 2.38. The Bertz CT molecular complexity index is 545. The van der Waals surface area contributed by atoms with Crippen molar-refractivity contribution in [2.24, 2.45) is 0 Å². The van der Waals surface area contributed by atoms with E-state index in [1.165, 1.54) is 7.11 Å². The molecule has 1 aromatic rings. The number of ether oxygens (including phenoxy) is 1. The van der Waals surface area contributed by atoms with Gasteiger partial charge < -0.3 is 4.74 Å². The highest BCUT2D eigenvalue weighted by Gasteiger charge is 2.46. The van der Waals surface area contributed by atoms with Crippen LogP contribution in [0, 0.1) is 6.92 Å². The van der Waals surface area contributed by atoms with E-state index in [0.29, 0.717) is 6.42 Å².